The molecule has 26 heavy (non-hydrogen) atoms. The molecule has 1 saturated carbocycles. The molecule has 2 fully saturated rings. The lowest BCUT2D eigenvalue weighted by molar-refractivity contribution is 0.149. The molecule has 0 N–H and O–H groups in total. The maximum absolute atomic E-state index is 5.82. The number of hydrogen-bond donors (Lipinski definition) is 0. The zero-order valence-electron chi connectivity index (χ0n) is 15.8. The summed E-state index contributed by atoms with van der Waals surface area (Å²) in [4.78, 5) is 6.83. The van der Waals surface area contributed by atoms with Crippen molar-refractivity contribution in [2.75, 3.05) is 26.2 Å². The maximum atomic E-state index is 5.82. The van der Waals surface area contributed by atoms with E-state index < -0.39 is 0 Å². The molecule has 1 saturated heterocycles. The summed E-state index contributed by atoms with van der Waals surface area (Å²) in [5.41, 5.74) is 2.59. The second-order valence-electron chi connectivity index (χ2n) is 8.02. The van der Waals surface area contributed by atoms with Crippen LogP contribution in [-0.4, -0.2) is 36.1 Å². The monoisotopic (exact) mass is 350 g/mol. The van der Waals surface area contributed by atoms with E-state index in [0.717, 1.165) is 42.3 Å². The molecule has 1 aromatic carbocycles. The summed E-state index contributed by atoms with van der Waals surface area (Å²) < 4.78 is 5.82. The SMILES string of the molecule is Cc1ccc(OCCN2CCC(C[C@@H]3C[C@H]3c3ccccc3)CC2)cn1. The van der Waals surface area contributed by atoms with Gasteiger partial charge in [-0.15, -0.1) is 0 Å². The van der Waals surface area contributed by atoms with Gasteiger partial charge < -0.3 is 4.74 Å². The van der Waals surface area contributed by atoms with Gasteiger partial charge in [-0.1, -0.05) is 30.3 Å². The molecule has 138 valence electrons. The number of pyridine rings is 1. The molecule has 2 heterocycles. The van der Waals surface area contributed by atoms with Crippen molar-refractivity contribution in [3.05, 3.63) is 59.9 Å². The number of piperidine rings is 1. The molecule has 2 atom stereocenters. The zero-order chi connectivity index (χ0) is 17.8. The van der Waals surface area contributed by atoms with Crippen LogP contribution in [0.2, 0.25) is 0 Å². The second-order valence-corrected chi connectivity index (χ2v) is 8.02. The molecule has 0 radical (unpaired) electrons. The molecule has 0 bridgehead atoms. The first-order valence-electron chi connectivity index (χ1n) is 10.1. The van der Waals surface area contributed by atoms with Crippen LogP contribution in [0.15, 0.2) is 48.7 Å². The fourth-order valence-corrected chi connectivity index (χ4v) is 4.32. The first-order valence-corrected chi connectivity index (χ1v) is 10.1. The Morgan fingerprint density at radius 2 is 1.88 bits per heavy atom. The Bertz CT molecular complexity index is 677. The number of rotatable bonds is 7. The Balaban J connectivity index is 1.13. The van der Waals surface area contributed by atoms with E-state index >= 15 is 0 Å². The van der Waals surface area contributed by atoms with Crippen LogP contribution in [0.4, 0.5) is 0 Å². The van der Waals surface area contributed by atoms with E-state index in [1.807, 2.05) is 25.3 Å². The van der Waals surface area contributed by atoms with E-state index in [4.69, 9.17) is 4.74 Å². The predicted octanol–water partition coefficient (Wildman–Crippen LogP) is 4.67. The highest BCUT2D eigenvalue weighted by Crippen LogP contribution is 2.51. The Morgan fingerprint density at radius 1 is 1.08 bits per heavy atom. The molecule has 1 aliphatic heterocycles. The lowest BCUT2D eigenvalue weighted by Crippen LogP contribution is -2.36. The van der Waals surface area contributed by atoms with Gasteiger partial charge in [0.05, 0.1) is 6.20 Å². The summed E-state index contributed by atoms with van der Waals surface area (Å²) >= 11 is 0. The van der Waals surface area contributed by atoms with Gasteiger partial charge in [0.25, 0.3) is 0 Å². The normalized spacial score (nSPS) is 23.7. The smallest absolute Gasteiger partial charge is 0.137 e. The third-order valence-corrected chi connectivity index (χ3v) is 6.05. The highest BCUT2D eigenvalue weighted by atomic mass is 16.5. The summed E-state index contributed by atoms with van der Waals surface area (Å²) in [6.45, 7) is 6.23. The first kappa shape index (κ1) is 17.5. The van der Waals surface area contributed by atoms with Crippen molar-refractivity contribution >= 4 is 0 Å². The van der Waals surface area contributed by atoms with Gasteiger partial charge in [-0.05, 0) is 81.1 Å². The van der Waals surface area contributed by atoms with Gasteiger partial charge in [-0.2, -0.15) is 0 Å². The standard InChI is InChI=1S/C23H30N2O/c1-18-7-8-22(17-24-18)26-14-13-25-11-9-19(10-12-25)15-21-16-23(21)20-5-3-2-4-6-20/h2-8,17,19,21,23H,9-16H2,1H3/t21-,23+/m1/s1. The van der Waals surface area contributed by atoms with Gasteiger partial charge >= 0.3 is 0 Å². The van der Waals surface area contributed by atoms with Gasteiger partial charge in [0, 0.05) is 12.2 Å². The fraction of sp³-hybridized carbons (Fsp3) is 0.522. The largest absolute Gasteiger partial charge is 0.491 e. The van der Waals surface area contributed by atoms with Crippen LogP contribution in [0.1, 0.15) is 42.9 Å². The lowest BCUT2D eigenvalue weighted by Gasteiger charge is -2.32. The van der Waals surface area contributed by atoms with Crippen LogP contribution >= 0.6 is 0 Å². The number of hydrogen-bond acceptors (Lipinski definition) is 3. The Kier molecular flexibility index (Phi) is 5.54. The number of aryl methyl sites for hydroxylation is 1. The summed E-state index contributed by atoms with van der Waals surface area (Å²) in [5, 5.41) is 0. The van der Waals surface area contributed by atoms with Crippen molar-refractivity contribution in [1.29, 1.82) is 0 Å². The van der Waals surface area contributed by atoms with Crippen LogP contribution in [0.3, 0.4) is 0 Å². The molecule has 4 rings (SSSR count). The van der Waals surface area contributed by atoms with Crippen molar-refractivity contribution < 1.29 is 4.74 Å². The zero-order valence-corrected chi connectivity index (χ0v) is 15.8. The molecule has 3 nitrogen and oxygen atoms in total. The van der Waals surface area contributed by atoms with E-state index in [-0.39, 0.29) is 0 Å². The van der Waals surface area contributed by atoms with Gasteiger partial charge in [-0.3, -0.25) is 9.88 Å². The topological polar surface area (TPSA) is 25.4 Å². The Morgan fingerprint density at radius 3 is 2.62 bits per heavy atom. The molecular formula is C23H30N2O. The maximum Gasteiger partial charge on any atom is 0.137 e. The van der Waals surface area contributed by atoms with Gasteiger partial charge in [0.2, 0.25) is 0 Å². The summed E-state index contributed by atoms with van der Waals surface area (Å²) in [6, 6.07) is 15.1. The van der Waals surface area contributed by atoms with Crippen LogP contribution in [0.5, 0.6) is 5.75 Å². The van der Waals surface area contributed by atoms with E-state index in [1.165, 1.54) is 38.8 Å². The molecule has 2 aliphatic rings. The molecular weight excluding hydrogens is 320 g/mol. The number of likely N-dealkylation sites (tertiary alicyclic amines) is 1. The molecule has 0 spiro atoms. The van der Waals surface area contributed by atoms with E-state index in [0.29, 0.717) is 0 Å². The molecule has 0 amide bonds. The average Bonchev–Trinajstić information content (AvgIpc) is 3.45. The van der Waals surface area contributed by atoms with Crippen LogP contribution in [-0.2, 0) is 0 Å². The highest BCUT2D eigenvalue weighted by Gasteiger charge is 2.39. The molecule has 3 heteroatoms. The highest BCUT2D eigenvalue weighted by molar-refractivity contribution is 5.25. The molecule has 2 aromatic rings. The third-order valence-electron chi connectivity index (χ3n) is 6.05. The van der Waals surface area contributed by atoms with E-state index in [1.54, 1.807) is 5.56 Å². The van der Waals surface area contributed by atoms with Gasteiger partial charge in [0.1, 0.15) is 12.4 Å². The number of ether oxygens (including phenoxy) is 1. The van der Waals surface area contributed by atoms with E-state index in [2.05, 4.69) is 40.2 Å². The average molecular weight is 351 g/mol. The molecule has 1 aliphatic carbocycles. The predicted molar refractivity (Wildman–Crippen MR) is 106 cm³/mol. The Labute approximate surface area is 157 Å². The van der Waals surface area contributed by atoms with Gasteiger partial charge in [-0.25, -0.2) is 0 Å². The minimum Gasteiger partial charge on any atom is -0.491 e. The summed E-state index contributed by atoms with van der Waals surface area (Å²) in [5.74, 6) is 3.58. The Hall–Kier alpha value is -1.87. The van der Waals surface area contributed by atoms with Crippen LogP contribution < -0.4 is 4.74 Å². The number of nitrogens with zero attached hydrogens (tertiary/aromatic N) is 2. The van der Waals surface area contributed by atoms with Crippen molar-refractivity contribution in [2.45, 2.75) is 38.5 Å². The van der Waals surface area contributed by atoms with Crippen LogP contribution in [0, 0.1) is 18.8 Å². The fourth-order valence-electron chi connectivity index (χ4n) is 4.32. The van der Waals surface area contributed by atoms with Crippen molar-refractivity contribution in [3.8, 4) is 5.75 Å². The van der Waals surface area contributed by atoms with Crippen LogP contribution in [0.25, 0.3) is 0 Å². The summed E-state index contributed by atoms with van der Waals surface area (Å²) in [7, 11) is 0. The van der Waals surface area contributed by atoms with Crippen molar-refractivity contribution in [1.82, 2.24) is 9.88 Å². The van der Waals surface area contributed by atoms with Gasteiger partial charge in [0.15, 0.2) is 0 Å². The van der Waals surface area contributed by atoms with Crippen molar-refractivity contribution in [3.63, 3.8) is 0 Å². The van der Waals surface area contributed by atoms with E-state index in [9.17, 15) is 0 Å². The van der Waals surface area contributed by atoms with Crippen molar-refractivity contribution in [2.24, 2.45) is 11.8 Å². The minimum atomic E-state index is 0.758. The molecule has 1 aromatic heterocycles. The minimum absolute atomic E-state index is 0.758. The first-order chi connectivity index (χ1) is 12.8. The second kappa shape index (κ2) is 8.22. The lowest BCUT2D eigenvalue weighted by atomic mass is 9.90. The summed E-state index contributed by atoms with van der Waals surface area (Å²) in [6.07, 6.45) is 7.36. The third kappa shape index (κ3) is 4.64. The quantitative estimate of drug-likeness (QED) is 0.725. The number of benzene rings is 1. The number of aromatic nitrogens is 1. The molecule has 0 unspecified atom stereocenters.